The van der Waals surface area contributed by atoms with Gasteiger partial charge in [0.25, 0.3) is 5.91 Å². The van der Waals surface area contributed by atoms with Gasteiger partial charge in [0, 0.05) is 23.0 Å². The van der Waals surface area contributed by atoms with E-state index in [1.54, 1.807) is 38.4 Å². The minimum atomic E-state index is -4.55. The van der Waals surface area contributed by atoms with E-state index in [0.29, 0.717) is 17.6 Å². The lowest BCUT2D eigenvalue weighted by Gasteiger charge is -2.20. The van der Waals surface area contributed by atoms with Crippen LogP contribution in [0.2, 0.25) is 0 Å². The van der Waals surface area contributed by atoms with Gasteiger partial charge in [0.05, 0.1) is 22.7 Å². The van der Waals surface area contributed by atoms with Crippen molar-refractivity contribution in [3.63, 3.8) is 0 Å². The fourth-order valence-electron chi connectivity index (χ4n) is 4.33. The number of carbonyl (C=O) groups excluding carboxylic acids is 2. The molecule has 0 saturated carbocycles. The number of nitrogens with zero attached hydrogens (tertiary/aromatic N) is 3. The molecule has 0 unspecified atom stereocenters. The van der Waals surface area contributed by atoms with Crippen LogP contribution < -0.4 is 5.32 Å². The van der Waals surface area contributed by atoms with Crippen LogP contribution in [-0.4, -0.2) is 34.2 Å². The first-order valence-electron chi connectivity index (χ1n) is 12.7. The van der Waals surface area contributed by atoms with Gasteiger partial charge >= 0.3 is 12.1 Å². The summed E-state index contributed by atoms with van der Waals surface area (Å²) in [6.07, 6.45) is -1.01. The fraction of sp³-hybridized carbons (Fsp3) is 0.161. The maximum atomic E-state index is 13.4. The molecular weight excluding hydrogens is 549 g/mol. The summed E-state index contributed by atoms with van der Waals surface area (Å²) in [7, 11) is 0. The Morgan fingerprint density at radius 3 is 2.40 bits per heavy atom. The Morgan fingerprint density at radius 2 is 1.74 bits per heavy atom. The summed E-state index contributed by atoms with van der Waals surface area (Å²) in [6, 6.07) is 16.2. The second-order valence-corrected chi connectivity index (χ2v) is 9.44. The minimum Gasteiger partial charge on any atom is -0.508 e. The zero-order chi connectivity index (χ0) is 30.4. The molecule has 2 amide bonds. The summed E-state index contributed by atoms with van der Waals surface area (Å²) in [5.74, 6) is -1.71. The molecule has 42 heavy (non-hydrogen) atoms. The topological polar surface area (TPSA) is 121 Å². The Hall–Kier alpha value is -5.19. The molecule has 0 spiro atoms. The zero-order valence-electron chi connectivity index (χ0n) is 22.5. The number of nitroso groups, excluding NO2 is 1. The Bertz CT molecular complexity index is 1710. The molecule has 8 nitrogen and oxygen atoms in total. The van der Waals surface area contributed by atoms with E-state index >= 15 is 0 Å². The molecule has 0 aliphatic rings. The van der Waals surface area contributed by atoms with Crippen LogP contribution in [0.25, 0.3) is 22.0 Å². The van der Waals surface area contributed by atoms with Gasteiger partial charge in [-0.05, 0) is 85.0 Å². The third-order valence-corrected chi connectivity index (χ3v) is 6.54. The molecule has 1 aromatic heterocycles. The van der Waals surface area contributed by atoms with Crippen LogP contribution in [0.3, 0.4) is 0 Å². The monoisotopic (exact) mass is 574 g/mol. The summed E-state index contributed by atoms with van der Waals surface area (Å²) in [5, 5.41) is 15.1. The van der Waals surface area contributed by atoms with Crippen LogP contribution in [0.15, 0.2) is 94.7 Å². The smallest absolute Gasteiger partial charge is 0.416 e. The van der Waals surface area contributed by atoms with Crippen LogP contribution in [0, 0.1) is 4.91 Å². The summed E-state index contributed by atoms with van der Waals surface area (Å²) in [4.78, 5) is 45.7. The number of halogens is 3. The highest BCUT2D eigenvalue weighted by Gasteiger charge is 2.30. The Labute approximate surface area is 238 Å². The lowest BCUT2D eigenvalue weighted by molar-refractivity contribution is -0.137. The number of aliphatic imine (C=N–C) groups is 1. The van der Waals surface area contributed by atoms with E-state index in [-0.39, 0.29) is 33.5 Å². The Balaban J connectivity index is 1.73. The van der Waals surface area contributed by atoms with Gasteiger partial charge in [-0.1, -0.05) is 30.3 Å². The highest BCUT2D eigenvalue weighted by molar-refractivity contribution is 6.09. The van der Waals surface area contributed by atoms with Gasteiger partial charge in [-0.3, -0.25) is 14.6 Å². The van der Waals surface area contributed by atoms with E-state index < -0.39 is 29.6 Å². The lowest BCUT2D eigenvalue weighted by Crippen LogP contribution is -2.38. The van der Waals surface area contributed by atoms with Crippen molar-refractivity contribution >= 4 is 28.9 Å². The molecule has 0 saturated heterocycles. The first-order valence-corrected chi connectivity index (χ1v) is 12.7. The van der Waals surface area contributed by atoms with Gasteiger partial charge in [0.15, 0.2) is 0 Å². The summed E-state index contributed by atoms with van der Waals surface area (Å²) in [5.41, 5.74) is 1.07. The number of aromatic nitrogens is 1. The molecule has 1 heterocycles. The van der Waals surface area contributed by atoms with E-state index in [2.05, 4.69) is 20.5 Å². The summed E-state index contributed by atoms with van der Waals surface area (Å²) < 4.78 is 39.8. The van der Waals surface area contributed by atoms with Crippen molar-refractivity contribution in [2.75, 3.05) is 0 Å². The van der Waals surface area contributed by atoms with Crippen LogP contribution in [0.5, 0.6) is 5.75 Å². The van der Waals surface area contributed by atoms with E-state index in [1.165, 1.54) is 42.5 Å². The third kappa shape index (κ3) is 6.92. The molecule has 4 rings (SSSR count). The predicted molar refractivity (Wildman–Crippen MR) is 153 cm³/mol. The summed E-state index contributed by atoms with van der Waals surface area (Å²) >= 11 is 0. The number of alkyl halides is 3. The maximum Gasteiger partial charge on any atom is 0.416 e. The van der Waals surface area contributed by atoms with Crippen molar-refractivity contribution in [3.8, 4) is 16.9 Å². The largest absolute Gasteiger partial charge is 0.508 e. The van der Waals surface area contributed by atoms with Crippen molar-refractivity contribution in [2.45, 2.75) is 32.5 Å². The van der Waals surface area contributed by atoms with Crippen molar-refractivity contribution in [2.24, 2.45) is 10.2 Å². The van der Waals surface area contributed by atoms with Gasteiger partial charge in [-0.25, -0.2) is 4.98 Å². The molecule has 3 aromatic carbocycles. The number of hydrogen-bond donors (Lipinski definition) is 2. The molecule has 1 atom stereocenters. The average molecular weight is 575 g/mol. The molecular formula is C31H25F3N4O4. The average Bonchev–Trinajstić information content (AvgIpc) is 2.98. The lowest BCUT2D eigenvalue weighted by atomic mass is 9.98. The van der Waals surface area contributed by atoms with Gasteiger partial charge in [-0.15, -0.1) is 4.91 Å². The first-order chi connectivity index (χ1) is 20.0. The van der Waals surface area contributed by atoms with E-state index in [1.807, 2.05) is 0 Å². The highest BCUT2D eigenvalue weighted by Crippen LogP contribution is 2.33. The highest BCUT2D eigenvalue weighted by atomic mass is 19.4. The zero-order valence-corrected chi connectivity index (χ0v) is 22.5. The first kappa shape index (κ1) is 29.8. The van der Waals surface area contributed by atoms with Gasteiger partial charge in [0.1, 0.15) is 11.4 Å². The molecule has 0 aliphatic carbocycles. The van der Waals surface area contributed by atoms with Crippen molar-refractivity contribution in [1.82, 2.24) is 10.3 Å². The number of phenolic OH excluding ortho intramolecular Hbond substituents is 1. The number of benzene rings is 3. The molecule has 0 fully saturated rings. The quantitative estimate of drug-likeness (QED) is 0.176. The standard InChI is InChI=1S/C31H25F3N4O4/c1-3-35-17-18(2)27(13-19-7-10-23(39)11-8-19)37-30(41)28-16-25(29(40)38-42)24-15-21(9-12-26(24)36-28)20-5-4-6-22(14-20)31(32,33)34/h3-12,14-17,27,39H,13H2,1-2H3,(H,37,41)/b18-17+,35-3-/t27-/m0/s1. The summed E-state index contributed by atoms with van der Waals surface area (Å²) in [6.45, 7) is 3.53. The molecule has 0 bridgehead atoms. The van der Waals surface area contributed by atoms with E-state index in [9.17, 15) is 32.8 Å². The second kappa shape index (κ2) is 12.5. The molecule has 11 heteroatoms. The molecule has 2 N–H and O–H groups in total. The van der Waals surface area contributed by atoms with Crippen molar-refractivity contribution in [3.05, 3.63) is 112 Å². The van der Waals surface area contributed by atoms with Crippen LogP contribution in [0.1, 0.15) is 45.8 Å². The molecule has 4 aromatic rings. The van der Waals surface area contributed by atoms with Crippen LogP contribution in [-0.2, 0) is 12.6 Å². The van der Waals surface area contributed by atoms with Crippen molar-refractivity contribution < 1.29 is 27.9 Å². The number of hydrogen-bond acceptors (Lipinski definition) is 6. The van der Waals surface area contributed by atoms with Gasteiger partial charge < -0.3 is 10.4 Å². The van der Waals surface area contributed by atoms with Crippen molar-refractivity contribution in [1.29, 1.82) is 0 Å². The molecule has 0 radical (unpaired) electrons. The third-order valence-electron chi connectivity index (χ3n) is 6.54. The number of pyridine rings is 1. The Kier molecular flexibility index (Phi) is 8.90. The predicted octanol–water partition coefficient (Wildman–Crippen LogP) is 6.87. The van der Waals surface area contributed by atoms with Gasteiger partial charge in [-0.2, -0.15) is 13.2 Å². The number of phenols is 1. The van der Waals surface area contributed by atoms with E-state index in [0.717, 1.165) is 23.8 Å². The van der Waals surface area contributed by atoms with Crippen LogP contribution >= 0.6 is 0 Å². The van der Waals surface area contributed by atoms with E-state index in [4.69, 9.17) is 0 Å². The Morgan fingerprint density at radius 1 is 1.02 bits per heavy atom. The van der Waals surface area contributed by atoms with Gasteiger partial charge in [0.2, 0.25) is 0 Å². The fourth-order valence-corrected chi connectivity index (χ4v) is 4.33. The SMILES string of the molecule is C/C=N\C=C(/C)[C@H](Cc1ccc(O)cc1)NC(=O)c1cc(C(=O)N=O)c2cc(-c3cccc(C(F)(F)F)c3)ccc2n1. The number of rotatable bonds is 8. The number of amides is 2. The molecule has 0 aliphatic heterocycles. The number of aromatic hydroxyl groups is 1. The molecule has 214 valence electrons. The number of carbonyl (C=O) groups is 2. The maximum absolute atomic E-state index is 13.4. The normalized spacial score (nSPS) is 12.8. The number of fused-ring (bicyclic) bond motifs is 1. The second-order valence-electron chi connectivity index (χ2n) is 9.44. The minimum absolute atomic E-state index is 0.0970. The number of nitrogens with one attached hydrogen (secondary N) is 1. The van der Waals surface area contributed by atoms with Crippen LogP contribution in [0.4, 0.5) is 13.2 Å².